The molecule has 2 heterocycles. The largest absolute Gasteiger partial charge is 0.344 e. The molecular weight excluding hydrogens is 122 g/mol. The molecule has 1 heteroatoms. The summed E-state index contributed by atoms with van der Waals surface area (Å²) in [7, 11) is 0. The normalized spacial score (nSPS) is 20.8. The van der Waals surface area contributed by atoms with Crippen LogP contribution >= 0.6 is 0 Å². The van der Waals surface area contributed by atoms with Crippen LogP contribution in [0.25, 0.3) is 0 Å². The molecule has 0 atom stereocenters. The van der Waals surface area contributed by atoms with Crippen LogP contribution in [-0.4, -0.2) is 11.4 Å². The SMILES string of the molecule is [C]1=CC2=CC=CCN2C=C1. The summed E-state index contributed by atoms with van der Waals surface area (Å²) in [6.07, 6.45) is 15.3. The second-order valence-electron chi connectivity index (χ2n) is 2.30. The molecule has 0 saturated heterocycles. The van der Waals surface area contributed by atoms with E-state index in [0.29, 0.717) is 0 Å². The Morgan fingerprint density at radius 3 is 3.40 bits per heavy atom. The lowest BCUT2D eigenvalue weighted by Gasteiger charge is -2.23. The Bertz CT molecular complexity index is 243. The summed E-state index contributed by atoms with van der Waals surface area (Å²) in [6.45, 7) is 0.987. The van der Waals surface area contributed by atoms with E-state index in [1.54, 1.807) is 0 Å². The van der Waals surface area contributed by atoms with Crippen LogP contribution in [0.15, 0.2) is 42.3 Å². The Balaban J connectivity index is 2.34. The predicted octanol–water partition coefficient (Wildman–Crippen LogP) is 1.63. The predicted molar refractivity (Wildman–Crippen MR) is 40.9 cm³/mol. The number of hydrogen-bond acceptors (Lipinski definition) is 1. The Morgan fingerprint density at radius 1 is 1.50 bits per heavy atom. The summed E-state index contributed by atoms with van der Waals surface area (Å²) in [6, 6.07) is 0. The third-order valence-corrected chi connectivity index (χ3v) is 1.62. The van der Waals surface area contributed by atoms with Gasteiger partial charge in [0.2, 0.25) is 0 Å². The summed E-state index contributed by atoms with van der Waals surface area (Å²) in [5.74, 6) is 0. The summed E-state index contributed by atoms with van der Waals surface area (Å²) in [4.78, 5) is 2.18. The van der Waals surface area contributed by atoms with Gasteiger partial charge in [-0.15, -0.1) is 0 Å². The van der Waals surface area contributed by atoms with Crippen LogP contribution in [-0.2, 0) is 0 Å². The summed E-state index contributed by atoms with van der Waals surface area (Å²) >= 11 is 0. The van der Waals surface area contributed by atoms with Gasteiger partial charge in [0, 0.05) is 18.4 Å². The molecule has 2 aliphatic heterocycles. The van der Waals surface area contributed by atoms with Crippen LogP contribution in [0.5, 0.6) is 0 Å². The lowest BCUT2D eigenvalue weighted by atomic mass is 10.2. The maximum Gasteiger partial charge on any atom is 0.0415 e. The molecule has 0 amide bonds. The molecule has 0 spiro atoms. The van der Waals surface area contributed by atoms with Gasteiger partial charge in [0.05, 0.1) is 0 Å². The van der Waals surface area contributed by atoms with Gasteiger partial charge >= 0.3 is 0 Å². The van der Waals surface area contributed by atoms with Gasteiger partial charge in [-0.2, -0.15) is 0 Å². The van der Waals surface area contributed by atoms with E-state index in [0.717, 1.165) is 6.54 Å². The molecule has 0 aliphatic carbocycles. The minimum Gasteiger partial charge on any atom is -0.344 e. The van der Waals surface area contributed by atoms with Gasteiger partial charge in [0.15, 0.2) is 0 Å². The second-order valence-corrected chi connectivity index (χ2v) is 2.30. The van der Waals surface area contributed by atoms with Gasteiger partial charge in [-0.1, -0.05) is 12.2 Å². The van der Waals surface area contributed by atoms with E-state index in [-0.39, 0.29) is 0 Å². The minimum absolute atomic E-state index is 0.987. The molecule has 0 N–H and O–H groups in total. The van der Waals surface area contributed by atoms with Crippen molar-refractivity contribution in [2.75, 3.05) is 6.54 Å². The summed E-state index contributed by atoms with van der Waals surface area (Å²) in [5.41, 5.74) is 1.23. The van der Waals surface area contributed by atoms with Crippen LogP contribution in [0.2, 0.25) is 0 Å². The van der Waals surface area contributed by atoms with E-state index in [1.165, 1.54) is 5.70 Å². The standard InChI is InChI=1S/C9H8N/c1-3-7-10-8-4-2-6-9(10)5-1/h1,3-6,8H,7H2. The molecule has 1 nitrogen and oxygen atoms in total. The quantitative estimate of drug-likeness (QED) is 0.481. The molecule has 0 aromatic rings. The van der Waals surface area contributed by atoms with Crippen molar-refractivity contribution >= 4 is 0 Å². The van der Waals surface area contributed by atoms with Gasteiger partial charge in [0.25, 0.3) is 0 Å². The average molecular weight is 130 g/mol. The van der Waals surface area contributed by atoms with E-state index in [2.05, 4.69) is 29.2 Å². The van der Waals surface area contributed by atoms with Crippen molar-refractivity contribution < 1.29 is 0 Å². The lowest BCUT2D eigenvalue weighted by molar-refractivity contribution is 0.522. The Hall–Kier alpha value is -1.24. The fraction of sp³-hybridized carbons (Fsp3) is 0.111. The maximum absolute atomic E-state index is 3.03. The van der Waals surface area contributed by atoms with Crippen molar-refractivity contribution in [3.8, 4) is 0 Å². The average Bonchev–Trinajstić information content (AvgIpc) is 2.05. The van der Waals surface area contributed by atoms with E-state index < -0.39 is 0 Å². The summed E-state index contributed by atoms with van der Waals surface area (Å²) < 4.78 is 0. The number of rotatable bonds is 0. The molecule has 0 bridgehead atoms. The van der Waals surface area contributed by atoms with Gasteiger partial charge in [-0.3, -0.25) is 0 Å². The Labute approximate surface area is 60.6 Å². The monoisotopic (exact) mass is 130 g/mol. The third kappa shape index (κ3) is 0.798. The zero-order chi connectivity index (χ0) is 6.81. The van der Waals surface area contributed by atoms with Crippen LogP contribution in [0, 0.1) is 6.08 Å². The van der Waals surface area contributed by atoms with E-state index in [9.17, 15) is 0 Å². The molecule has 1 radical (unpaired) electrons. The van der Waals surface area contributed by atoms with Crippen LogP contribution in [0.1, 0.15) is 0 Å². The number of allylic oxidation sites excluding steroid dienone is 5. The first kappa shape index (κ1) is 5.54. The van der Waals surface area contributed by atoms with E-state index in [4.69, 9.17) is 0 Å². The van der Waals surface area contributed by atoms with Crippen LogP contribution < -0.4 is 0 Å². The van der Waals surface area contributed by atoms with Crippen molar-refractivity contribution in [2.24, 2.45) is 0 Å². The number of nitrogens with zero attached hydrogens (tertiary/aromatic N) is 1. The highest BCUT2D eigenvalue weighted by Crippen LogP contribution is 2.14. The van der Waals surface area contributed by atoms with Crippen molar-refractivity contribution in [3.63, 3.8) is 0 Å². The maximum atomic E-state index is 3.03. The van der Waals surface area contributed by atoms with Gasteiger partial charge in [-0.25, -0.2) is 0 Å². The first-order valence-electron chi connectivity index (χ1n) is 3.36. The van der Waals surface area contributed by atoms with Gasteiger partial charge in [0.1, 0.15) is 0 Å². The molecule has 2 rings (SSSR count). The molecule has 0 fully saturated rings. The topological polar surface area (TPSA) is 3.24 Å². The van der Waals surface area contributed by atoms with E-state index in [1.807, 2.05) is 18.4 Å². The van der Waals surface area contributed by atoms with Crippen molar-refractivity contribution in [3.05, 3.63) is 48.4 Å². The molecule has 49 valence electrons. The lowest BCUT2D eigenvalue weighted by Crippen LogP contribution is -2.18. The fourth-order valence-corrected chi connectivity index (χ4v) is 1.09. The van der Waals surface area contributed by atoms with E-state index >= 15 is 0 Å². The molecule has 10 heavy (non-hydrogen) atoms. The van der Waals surface area contributed by atoms with Gasteiger partial charge in [-0.05, 0) is 24.3 Å². The van der Waals surface area contributed by atoms with Crippen molar-refractivity contribution in [1.29, 1.82) is 0 Å². The molecule has 0 aromatic heterocycles. The highest BCUT2D eigenvalue weighted by atomic mass is 15.1. The number of hydrogen-bond donors (Lipinski definition) is 0. The minimum atomic E-state index is 0.987. The zero-order valence-electron chi connectivity index (χ0n) is 5.62. The zero-order valence-corrected chi connectivity index (χ0v) is 5.62. The van der Waals surface area contributed by atoms with Crippen molar-refractivity contribution in [1.82, 2.24) is 4.90 Å². The summed E-state index contributed by atoms with van der Waals surface area (Å²) in [5, 5.41) is 0. The smallest absolute Gasteiger partial charge is 0.0415 e. The highest BCUT2D eigenvalue weighted by molar-refractivity contribution is 5.31. The van der Waals surface area contributed by atoms with Crippen molar-refractivity contribution in [2.45, 2.75) is 0 Å². The molecule has 0 aromatic carbocycles. The third-order valence-electron chi connectivity index (χ3n) is 1.62. The second kappa shape index (κ2) is 2.18. The molecule has 0 saturated carbocycles. The van der Waals surface area contributed by atoms with Gasteiger partial charge < -0.3 is 4.90 Å². The number of fused-ring (bicyclic) bond motifs is 1. The van der Waals surface area contributed by atoms with Crippen LogP contribution in [0.3, 0.4) is 0 Å². The first-order chi connectivity index (χ1) is 4.97. The van der Waals surface area contributed by atoms with Crippen LogP contribution in [0.4, 0.5) is 0 Å². The molecule has 0 unspecified atom stereocenters. The Kier molecular flexibility index (Phi) is 1.21. The molecular formula is C9H8N. The Morgan fingerprint density at radius 2 is 2.50 bits per heavy atom. The first-order valence-corrected chi connectivity index (χ1v) is 3.36. The molecule has 2 aliphatic rings. The highest BCUT2D eigenvalue weighted by Gasteiger charge is 2.05. The fourth-order valence-electron chi connectivity index (χ4n) is 1.09.